The number of hydrogen-bond donors (Lipinski definition) is 1. The van der Waals surface area contributed by atoms with Crippen molar-refractivity contribution < 1.29 is 18.7 Å². The number of para-hydroxylation sites is 1. The number of anilines is 1. The summed E-state index contributed by atoms with van der Waals surface area (Å²) in [5, 5.41) is 2.42. The van der Waals surface area contributed by atoms with Crippen LogP contribution in [0.25, 0.3) is 0 Å². The lowest BCUT2D eigenvalue weighted by molar-refractivity contribution is -0.110. The van der Waals surface area contributed by atoms with Gasteiger partial charge in [0.2, 0.25) is 6.41 Å². The molecule has 0 saturated carbocycles. The molecule has 2 amide bonds. The Morgan fingerprint density at radius 3 is 2.65 bits per heavy atom. The Bertz CT molecular complexity index is 561. The van der Waals surface area contributed by atoms with Crippen LogP contribution in [0, 0.1) is 0 Å². The Balaban J connectivity index is 1.68. The molecule has 0 bridgehead atoms. The number of piperidine rings is 1. The molecule has 1 aromatic rings. The largest absolute Gasteiger partial charge is 0.445 e. The van der Waals surface area contributed by atoms with E-state index in [0.29, 0.717) is 32.3 Å². The minimum absolute atomic E-state index is 0.0346. The van der Waals surface area contributed by atoms with E-state index in [1.54, 1.807) is 4.90 Å². The monoisotopic (exact) mass is 321 g/mol. The molecule has 1 aromatic carbocycles. The van der Waals surface area contributed by atoms with Crippen molar-refractivity contribution in [1.82, 2.24) is 10.2 Å². The van der Waals surface area contributed by atoms with Crippen LogP contribution >= 0.6 is 0 Å². The fraction of sp³-hybridized carbons (Fsp3) is 0.500. The summed E-state index contributed by atoms with van der Waals surface area (Å²) in [6, 6.07) is 9.34. The van der Waals surface area contributed by atoms with Crippen molar-refractivity contribution in [2.75, 3.05) is 31.1 Å². The minimum atomic E-state index is -1.38. The second kappa shape index (κ2) is 6.54. The van der Waals surface area contributed by atoms with Crippen molar-refractivity contribution >= 4 is 18.2 Å². The Labute approximate surface area is 134 Å². The summed E-state index contributed by atoms with van der Waals surface area (Å²) in [6.07, 6.45) is 0.575. The molecule has 23 heavy (non-hydrogen) atoms. The van der Waals surface area contributed by atoms with E-state index in [1.165, 1.54) is 0 Å². The molecule has 2 aliphatic rings. The maximum absolute atomic E-state index is 14.6. The van der Waals surface area contributed by atoms with Crippen LogP contribution in [0.4, 0.5) is 14.9 Å². The fourth-order valence-corrected chi connectivity index (χ4v) is 3.17. The van der Waals surface area contributed by atoms with Crippen LogP contribution in [-0.2, 0) is 9.53 Å². The third-order valence-corrected chi connectivity index (χ3v) is 4.50. The Kier molecular flexibility index (Phi) is 4.47. The first-order chi connectivity index (χ1) is 11.1. The zero-order valence-electron chi connectivity index (χ0n) is 12.8. The van der Waals surface area contributed by atoms with Crippen molar-refractivity contribution in [3.63, 3.8) is 0 Å². The Morgan fingerprint density at radius 2 is 2.00 bits per heavy atom. The Morgan fingerprint density at radius 1 is 1.30 bits per heavy atom. The van der Waals surface area contributed by atoms with Gasteiger partial charge in [-0.3, -0.25) is 14.6 Å². The number of cyclic esters (lactones) is 1. The molecular weight excluding hydrogens is 301 g/mol. The lowest BCUT2D eigenvalue weighted by atomic mass is 9.93. The zero-order chi connectivity index (χ0) is 16.3. The average molecular weight is 321 g/mol. The summed E-state index contributed by atoms with van der Waals surface area (Å²) in [4.78, 5) is 26.1. The molecule has 2 saturated heterocycles. The number of nitrogens with one attached hydrogen (secondary N) is 1. The molecule has 2 heterocycles. The highest BCUT2D eigenvalue weighted by Gasteiger charge is 2.42. The first-order valence-corrected chi connectivity index (χ1v) is 7.74. The van der Waals surface area contributed by atoms with Gasteiger partial charge in [-0.25, -0.2) is 9.18 Å². The molecule has 1 unspecified atom stereocenters. The topological polar surface area (TPSA) is 61.9 Å². The van der Waals surface area contributed by atoms with E-state index < -0.39 is 5.67 Å². The number of carbonyl (C=O) groups is 2. The van der Waals surface area contributed by atoms with Gasteiger partial charge in [-0.2, -0.15) is 0 Å². The van der Waals surface area contributed by atoms with Crippen molar-refractivity contribution in [3.05, 3.63) is 30.3 Å². The number of likely N-dealkylation sites (tertiary alicyclic amines) is 1. The normalized spacial score (nSPS) is 24.3. The molecule has 7 heteroatoms. The molecule has 3 rings (SSSR count). The number of ether oxygens (including phenoxy) is 1. The fourth-order valence-electron chi connectivity index (χ4n) is 3.17. The highest BCUT2D eigenvalue weighted by atomic mass is 19.1. The van der Waals surface area contributed by atoms with E-state index in [9.17, 15) is 14.0 Å². The molecule has 124 valence electrons. The predicted octanol–water partition coefficient (Wildman–Crippen LogP) is 1.52. The van der Waals surface area contributed by atoms with E-state index >= 15 is 0 Å². The number of nitrogens with zero attached hydrogens (tertiary/aromatic N) is 2. The maximum Gasteiger partial charge on any atom is 0.415 e. The third-order valence-electron chi connectivity index (χ3n) is 4.50. The van der Waals surface area contributed by atoms with Crippen LogP contribution in [0.1, 0.15) is 12.8 Å². The number of benzene rings is 1. The van der Waals surface area contributed by atoms with Gasteiger partial charge in [0, 0.05) is 18.8 Å². The van der Waals surface area contributed by atoms with E-state index in [-0.39, 0.29) is 25.4 Å². The minimum Gasteiger partial charge on any atom is -0.445 e. The standard InChI is InChI=1S/C16H20FN3O3/c17-16(11-18-12-21)6-8-19(9-7-16)14-10-23-15(22)20(14)13-4-2-1-3-5-13/h1-5,12,14H,6-11H2,(H,18,21). The average Bonchev–Trinajstić information content (AvgIpc) is 2.96. The van der Waals surface area contributed by atoms with Gasteiger partial charge in [0.15, 0.2) is 0 Å². The third kappa shape index (κ3) is 3.29. The molecule has 2 fully saturated rings. The molecule has 1 N–H and O–H groups in total. The van der Waals surface area contributed by atoms with Gasteiger partial charge in [-0.05, 0) is 25.0 Å². The number of alkyl halides is 1. The van der Waals surface area contributed by atoms with Gasteiger partial charge in [0.1, 0.15) is 18.4 Å². The summed E-state index contributed by atoms with van der Waals surface area (Å²) >= 11 is 0. The molecule has 2 aliphatic heterocycles. The smallest absolute Gasteiger partial charge is 0.415 e. The predicted molar refractivity (Wildman–Crippen MR) is 82.8 cm³/mol. The summed E-state index contributed by atoms with van der Waals surface area (Å²) in [5.41, 5.74) is -0.599. The lowest BCUT2D eigenvalue weighted by Crippen LogP contribution is -2.54. The quantitative estimate of drug-likeness (QED) is 0.835. The second-order valence-electron chi connectivity index (χ2n) is 5.95. The van der Waals surface area contributed by atoms with Crippen LogP contribution in [-0.4, -0.2) is 55.5 Å². The summed E-state index contributed by atoms with van der Waals surface area (Å²) in [6.45, 7) is 1.34. The van der Waals surface area contributed by atoms with Crippen molar-refractivity contribution in [2.24, 2.45) is 0 Å². The van der Waals surface area contributed by atoms with Crippen molar-refractivity contribution in [3.8, 4) is 0 Å². The van der Waals surface area contributed by atoms with Gasteiger partial charge in [-0.15, -0.1) is 0 Å². The van der Waals surface area contributed by atoms with Gasteiger partial charge in [-0.1, -0.05) is 18.2 Å². The van der Waals surface area contributed by atoms with Gasteiger partial charge >= 0.3 is 6.09 Å². The van der Waals surface area contributed by atoms with Crippen LogP contribution in [0.15, 0.2) is 30.3 Å². The van der Waals surface area contributed by atoms with Gasteiger partial charge in [0.25, 0.3) is 0 Å². The van der Waals surface area contributed by atoms with Gasteiger partial charge in [0.05, 0.1) is 6.54 Å². The number of amides is 2. The second-order valence-corrected chi connectivity index (χ2v) is 5.95. The van der Waals surface area contributed by atoms with Crippen molar-refractivity contribution in [2.45, 2.75) is 24.7 Å². The lowest BCUT2D eigenvalue weighted by Gasteiger charge is -2.40. The highest BCUT2D eigenvalue weighted by molar-refractivity contribution is 5.90. The number of carbonyl (C=O) groups excluding carboxylic acids is 2. The molecule has 0 aromatic heterocycles. The van der Waals surface area contributed by atoms with Crippen molar-refractivity contribution in [1.29, 1.82) is 0 Å². The Hall–Kier alpha value is -2.15. The molecule has 0 radical (unpaired) electrons. The summed E-state index contributed by atoms with van der Waals surface area (Å²) in [5.74, 6) is 0. The highest BCUT2D eigenvalue weighted by Crippen LogP contribution is 2.31. The maximum atomic E-state index is 14.6. The number of rotatable bonds is 5. The summed E-state index contributed by atoms with van der Waals surface area (Å²) < 4.78 is 19.8. The van der Waals surface area contributed by atoms with Crippen LogP contribution in [0.3, 0.4) is 0 Å². The number of halogens is 1. The van der Waals surface area contributed by atoms with Crippen LogP contribution in [0.5, 0.6) is 0 Å². The van der Waals surface area contributed by atoms with E-state index in [0.717, 1.165) is 5.69 Å². The van der Waals surface area contributed by atoms with E-state index in [1.807, 2.05) is 30.3 Å². The molecule has 1 atom stereocenters. The van der Waals surface area contributed by atoms with Crippen LogP contribution in [0.2, 0.25) is 0 Å². The first-order valence-electron chi connectivity index (χ1n) is 7.74. The molecule has 0 aliphatic carbocycles. The van der Waals surface area contributed by atoms with Gasteiger partial charge < -0.3 is 10.1 Å². The van der Waals surface area contributed by atoms with E-state index in [4.69, 9.17) is 4.74 Å². The first kappa shape index (κ1) is 15.7. The number of hydrogen-bond acceptors (Lipinski definition) is 4. The van der Waals surface area contributed by atoms with Crippen LogP contribution < -0.4 is 10.2 Å². The molecular formula is C16H20FN3O3. The van der Waals surface area contributed by atoms with E-state index in [2.05, 4.69) is 10.2 Å². The molecule has 6 nitrogen and oxygen atoms in total. The zero-order valence-corrected chi connectivity index (χ0v) is 12.8. The SMILES string of the molecule is O=CNCC1(F)CCN(C2COC(=O)N2c2ccccc2)CC1. The summed E-state index contributed by atoms with van der Waals surface area (Å²) in [7, 11) is 0. The molecule has 0 spiro atoms.